The average molecular weight is 693 g/mol. The molecule has 5 rings (SSSR count). The van der Waals surface area contributed by atoms with Crippen LogP contribution in [-0.4, -0.2) is 60.2 Å². The van der Waals surface area contributed by atoms with Gasteiger partial charge in [0, 0.05) is 35.1 Å². The molecule has 2 aliphatic rings. The van der Waals surface area contributed by atoms with Gasteiger partial charge in [-0.05, 0) is 63.3 Å². The number of nitrogens with zero attached hydrogens (tertiary/aromatic N) is 2. The Labute approximate surface area is 273 Å². The molecular formula is C32H32F4N4O7S. The number of ether oxygens (including phenoxy) is 2. The van der Waals surface area contributed by atoms with E-state index in [1.807, 2.05) is 12.2 Å². The normalized spacial score (nSPS) is 20.4. The number of halogens is 4. The van der Waals surface area contributed by atoms with Crippen LogP contribution in [0.5, 0.6) is 5.75 Å². The Morgan fingerprint density at radius 2 is 1.77 bits per heavy atom. The lowest BCUT2D eigenvalue weighted by atomic mass is 9.87. The number of benzene rings is 2. The van der Waals surface area contributed by atoms with Crippen LogP contribution in [0.15, 0.2) is 65.8 Å². The number of nitrogens with one attached hydrogen (secondary N) is 2. The molecule has 0 unspecified atom stereocenters. The van der Waals surface area contributed by atoms with E-state index in [9.17, 15) is 36.0 Å². The van der Waals surface area contributed by atoms with Gasteiger partial charge in [0.25, 0.3) is 15.7 Å². The standard InChI is InChI=1S/C32H32F4N4O7S/c1-31(2,3)47-26(41)16-40-15-19(14-37-40)22-12-23(25(46-4)13-24(22)33)29(42)39-28-18-9-8-17(10-18)27(28)30(43)38-20-6-5-7-21(11-20)48(44,45)32(34,35)36/h5-9,11-15,17-18,27-28H,10,16H2,1-4H3,(H,38,43)(H,39,42)/t17-,18+,27+,28-/m1/s1. The largest absolute Gasteiger partial charge is 0.501 e. The van der Waals surface area contributed by atoms with Crippen LogP contribution in [0.3, 0.4) is 0 Å². The predicted molar refractivity (Wildman–Crippen MR) is 164 cm³/mol. The highest BCUT2D eigenvalue weighted by Gasteiger charge is 2.49. The second kappa shape index (κ2) is 12.7. The minimum absolute atomic E-state index is 0.00721. The summed E-state index contributed by atoms with van der Waals surface area (Å²) in [6, 6.07) is 5.36. The fourth-order valence-corrected chi connectivity index (χ4v) is 6.73. The molecule has 4 atom stereocenters. The zero-order valence-electron chi connectivity index (χ0n) is 26.2. The predicted octanol–water partition coefficient (Wildman–Crippen LogP) is 4.89. The summed E-state index contributed by atoms with van der Waals surface area (Å²) >= 11 is 0. The number of hydrogen-bond acceptors (Lipinski definition) is 8. The third kappa shape index (κ3) is 7.07. The molecule has 0 aliphatic heterocycles. The summed E-state index contributed by atoms with van der Waals surface area (Å²) in [5.74, 6) is -4.12. The quantitative estimate of drug-likeness (QED) is 0.183. The van der Waals surface area contributed by atoms with Crippen molar-refractivity contribution in [2.45, 2.75) is 55.8 Å². The Hall–Kier alpha value is -4.73. The third-order valence-electron chi connectivity index (χ3n) is 7.97. The first-order chi connectivity index (χ1) is 22.4. The van der Waals surface area contributed by atoms with Crippen molar-refractivity contribution in [3.63, 3.8) is 0 Å². The molecule has 0 saturated heterocycles. The molecule has 256 valence electrons. The van der Waals surface area contributed by atoms with Crippen molar-refractivity contribution < 1.29 is 49.8 Å². The first-order valence-electron chi connectivity index (χ1n) is 14.7. The highest BCUT2D eigenvalue weighted by atomic mass is 32.2. The van der Waals surface area contributed by atoms with Crippen LogP contribution in [0, 0.1) is 23.6 Å². The minimum atomic E-state index is -5.65. The van der Waals surface area contributed by atoms with Crippen molar-refractivity contribution in [3.05, 3.63) is 72.3 Å². The molecule has 2 N–H and O–H groups in total. The lowest BCUT2D eigenvalue weighted by molar-refractivity contribution is -0.155. The average Bonchev–Trinajstić information content (AvgIpc) is 3.72. The second-order valence-electron chi connectivity index (χ2n) is 12.5. The zero-order valence-corrected chi connectivity index (χ0v) is 27.0. The molecule has 1 saturated carbocycles. The number of anilines is 1. The number of aromatic nitrogens is 2. The molecule has 2 aliphatic carbocycles. The lowest BCUT2D eigenvalue weighted by Gasteiger charge is -2.28. The number of fused-ring (bicyclic) bond motifs is 2. The Balaban J connectivity index is 1.36. The van der Waals surface area contributed by atoms with E-state index in [1.54, 1.807) is 20.8 Å². The number of sulfone groups is 1. The molecule has 0 radical (unpaired) electrons. The van der Waals surface area contributed by atoms with Gasteiger partial charge in [0.1, 0.15) is 23.7 Å². The van der Waals surface area contributed by atoms with Gasteiger partial charge in [-0.2, -0.15) is 18.3 Å². The molecule has 2 amide bonds. The van der Waals surface area contributed by atoms with E-state index in [-0.39, 0.29) is 46.5 Å². The summed E-state index contributed by atoms with van der Waals surface area (Å²) in [5.41, 5.74) is -6.20. The number of amides is 2. The molecule has 16 heteroatoms. The number of methoxy groups -OCH3 is 1. The van der Waals surface area contributed by atoms with Gasteiger partial charge in [0.2, 0.25) is 5.91 Å². The van der Waals surface area contributed by atoms with Gasteiger partial charge < -0.3 is 20.1 Å². The van der Waals surface area contributed by atoms with Gasteiger partial charge in [0.05, 0.1) is 29.7 Å². The molecule has 1 aromatic heterocycles. The van der Waals surface area contributed by atoms with Crippen molar-refractivity contribution in [2.24, 2.45) is 17.8 Å². The Kier molecular flexibility index (Phi) is 9.16. The van der Waals surface area contributed by atoms with Crippen LogP contribution >= 0.6 is 0 Å². The van der Waals surface area contributed by atoms with Crippen LogP contribution in [0.25, 0.3) is 11.1 Å². The highest BCUT2D eigenvalue weighted by molar-refractivity contribution is 7.92. The maximum Gasteiger partial charge on any atom is 0.501 e. The first kappa shape index (κ1) is 34.6. The van der Waals surface area contributed by atoms with Crippen molar-refractivity contribution >= 4 is 33.3 Å². The Morgan fingerprint density at radius 1 is 1.06 bits per heavy atom. The number of alkyl halides is 3. The van der Waals surface area contributed by atoms with Crippen LogP contribution in [-0.2, 0) is 30.7 Å². The number of rotatable bonds is 9. The molecule has 1 fully saturated rings. The van der Waals surface area contributed by atoms with Gasteiger partial charge in [-0.1, -0.05) is 18.2 Å². The van der Waals surface area contributed by atoms with Crippen molar-refractivity contribution in [3.8, 4) is 16.9 Å². The molecule has 1 heterocycles. The van der Waals surface area contributed by atoms with E-state index in [4.69, 9.17) is 9.47 Å². The fourth-order valence-electron chi connectivity index (χ4n) is 5.92. The summed E-state index contributed by atoms with van der Waals surface area (Å²) in [7, 11) is -4.39. The van der Waals surface area contributed by atoms with Gasteiger partial charge in [-0.3, -0.25) is 19.1 Å². The van der Waals surface area contributed by atoms with Crippen LogP contribution < -0.4 is 15.4 Å². The van der Waals surface area contributed by atoms with Crippen molar-refractivity contribution in [1.29, 1.82) is 0 Å². The molecule has 3 aromatic rings. The van der Waals surface area contributed by atoms with Gasteiger partial charge in [-0.25, -0.2) is 12.8 Å². The number of esters is 1. The minimum Gasteiger partial charge on any atom is -0.496 e. The summed E-state index contributed by atoms with van der Waals surface area (Å²) < 4.78 is 90.1. The van der Waals surface area contributed by atoms with E-state index in [0.29, 0.717) is 6.42 Å². The van der Waals surface area contributed by atoms with Crippen molar-refractivity contribution in [1.82, 2.24) is 15.1 Å². The molecule has 2 aromatic carbocycles. The molecule has 48 heavy (non-hydrogen) atoms. The van der Waals surface area contributed by atoms with E-state index < -0.39 is 61.4 Å². The maximum atomic E-state index is 15.2. The van der Waals surface area contributed by atoms with Gasteiger partial charge in [0.15, 0.2) is 0 Å². The Bertz CT molecular complexity index is 1900. The number of hydrogen-bond donors (Lipinski definition) is 2. The van der Waals surface area contributed by atoms with Crippen LogP contribution in [0.1, 0.15) is 37.6 Å². The topological polar surface area (TPSA) is 146 Å². The Morgan fingerprint density at radius 3 is 2.44 bits per heavy atom. The van der Waals surface area contributed by atoms with E-state index in [0.717, 1.165) is 24.3 Å². The number of allylic oxidation sites excluding steroid dienone is 1. The SMILES string of the molecule is COc1cc(F)c(-c2cnn(CC(=O)OC(C)(C)C)c2)cc1C(=O)N[C@H]1[C@@H](C(=O)Nc2cccc(S(=O)(=O)C(F)(F)F)c2)[C@@H]2C=C[C@H]1C2. The highest BCUT2D eigenvalue weighted by Crippen LogP contribution is 2.45. The zero-order chi connectivity index (χ0) is 35.2. The fraction of sp³-hybridized carbons (Fsp3) is 0.375. The van der Waals surface area contributed by atoms with E-state index in [1.165, 1.54) is 36.3 Å². The lowest BCUT2D eigenvalue weighted by Crippen LogP contribution is -2.47. The first-order valence-corrected chi connectivity index (χ1v) is 16.2. The van der Waals surface area contributed by atoms with Gasteiger partial charge in [-0.15, -0.1) is 0 Å². The van der Waals surface area contributed by atoms with E-state index >= 15 is 4.39 Å². The smallest absolute Gasteiger partial charge is 0.496 e. The molecule has 11 nitrogen and oxygen atoms in total. The maximum absolute atomic E-state index is 15.2. The number of carbonyl (C=O) groups excluding carboxylic acids is 3. The summed E-state index contributed by atoms with van der Waals surface area (Å²) in [6.07, 6.45) is 6.92. The third-order valence-corrected chi connectivity index (χ3v) is 9.45. The summed E-state index contributed by atoms with van der Waals surface area (Å²) in [5, 5.41) is 9.44. The molecule has 0 spiro atoms. The second-order valence-corrected chi connectivity index (χ2v) is 14.4. The monoisotopic (exact) mass is 692 g/mol. The molecule has 2 bridgehead atoms. The summed E-state index contributed by atoms with van der Waals surface area (Å²) in [6.45, 7) is 4.92. The van der Waals surface area contributed by atoms with Crippen LogP contribution in [0.2, 0.25) is 0 Å². The summed E-state index contributed by atoms with van der Waals surface area (Å²) in [4.78, 5) is 38.4. The van der Waals surface area contributed by atoms with E-state index in [2.05, 4.69) is 15.7 Å². The van der Waals surface area contributed by atoms with Crippen LogP contribution in [0.4, 0.5) is 23.2 Å². The van der Waals surface area contributed by atoms with Gasteiger partial charge >= 0.3 is 11.5 Å². The number of carbonyl (C=O) groups is 3. The molecular weight excluding hydrogens is 660 g/mol. The van der Waals surface area contributed by atoms with Crippen molar-refractivity contribution in [2.75, 3.05) is 12.4 Å².